The van der Waals surface area contributed by atoms with Crippen LogP contribution in [-0.2, 0) is 4.79 Å². The molecule has 1 aliphatic rings. The molecule has 0 saturated carbocycles. The number of hydrogen-bond donors (Lipinski definition) is 2. The summed E-state index contributed by atoms with van der Waals surface area (Å²) in [7, 11) is 0. The summed E-state index contributed by atoms with van der Waals surface area (Å²) in [5.74, 6) is -0.367. The minimum absolute atomic E-state index is 0.0847. The number of nitrogens with one attached hydrogen (secondary N) is 1. The lowest BCUT2D eigenvalue weighted by Gasteiger charge is -2.36. The number of hydrogen-bond acceptors (Lipinski definition) is 3. The molecule has 3 N–H and O–H groups in total. The number of halogens is 3. The Morgan fingerprint density at radius 3 is 2.58 bits per heavy atom. The second-order valence-corrected chi connectivity index (χ2v) is 5.69. The molecule has 1 aromatic rings. The molecule has 7 heteroatoms. The summed E-state index contributed by atoms with van der Waals surface area (Å²) >= 11 is 18.4. The normalized spacial score (nSPS) is 20.5. The van der Waals surface area contributed by atoms with E-state index < -0.39 is 0 Å². The largest absolute Gasteiger partial charge is 0.369 e. The topological polar surface area (TPSA) is 58.4 Å². The fourth-order valence-electron chi connectivity index (χ4n) is 2.29. The quantitative estimate of drug-likeness (QED) is 0.896. The lowest BCUT2D eigenvalue weighted by molar-refractivity contribution is -0.119. The predicted octanol–water partition coefficient (Wildman–Crippen LogP) is 2.08. The van der Waals surface area contributed by atoms with Crippen molar-refractivity contribution in [3.8, 4) is 0 Å². The Labute approximate surface area is 126 Å². The molecule has 0 aliphatic carbocycles. The first-order chi connectivity index (χ1) is 8.99. The number of benzene rings is 1. The van der Waals surface area contributed by atoms with Gasteiger partial charge in [0.15, 0.2) is 0 Å². The third-order valence-corrected chi connectivity index (χ3v) is 3.93. The third kappa shape index (κ3) is 3.52. The van der Waals surface area contributed by atoms with Crippen LogP contribution in [-0.4, -0.2) is 37.0 Å². The first-order valence-corrected chi connectivity index (χ1v) is 7.00. The Morgan fingerprint density at radius 2 is 2.00 bits per heavy atom. The second kappa shape index (κ2) is 6.29. The van der Waals surface area contributed by atoms with Gasteiger partial charge in [-0.05, 0) is 12.1 Å². The number of rotatable bonds is 3. The first kappa shape index (κ1) is 14.9. The van der Waals surface area contributed by atoms with E-state index in [1.807, 2.05) is 4.90 Å². The number of nitrogens with two attached hydrogens (primary N) is 1. The maximum absolute atomic E-state index is 11.1. The zero-order valence-corrected chi connectivity index (χ0v) is 12.4. The van der Waals surface area contributed by atoms with Crippen LogP contribution in [0.2, 0.25) is 15.1 Å². The van der Waals surface area contributed by atoms with Gasteiger partial charge in [-0.3, -0.25) is 9.69 Å². The van der Waals surface area contributed by atoms with E-state index in [0.717, 1.165) is 12.1 Å². The van der Waals surface area contributed by atoms with Crippen LogP contribution < -0.4 is 11.1 Å². The highest BCUT2D eigenvalue weighted by Gasteiger charge is 2.28. The lowest BCUT2D eigenvalue weighted by atomic mass is 10.0. The minimum Gasteiger partial charge on any atom is -0.369 e. The molecule has 0 bridgehead atoms. The summed E-state index contributed by atoms with van der Waals surface area (Å²) in [5.41, 5.74) is 6.05. The lowest BCUT2D eigenvalue weighted by Crippen LogP contribution is -2.49. The van der Waals surface area contributed by atoms with Gasteiger partial charge in [-0.1, -0.05) is 34.8 Å². The first-order valence-electron chi connectivity index (χ1n) is 5.86. The van der Waals surface area contributed by atoms with Crippen molar-refractivity contribution in [2.75, 3.05) is 26.2 Å². The molecular weight excluding hydrogens is 309 g/mol. The number of carbonyl (C=O) groups excluding carboxylic acids is 1. The molecule has 0 aromatic heterocycles. The molecule has 1 unspecified atom stereocenters. The summed E-state index contributed by atoms with van der Waals surface area (Å²) in [5, 5.41) is 4.75. The summed E-state index contributed by atoms with van der Waals surface area (Å²) in [4.78, 5) is 13.1. The monoisotopic (exact) mass is 321 g/mol. The molecule has 0 spiro atoms. The van der Waals surface area contributed by atoms with Crippen LogP contribution in [0.1, 0.15) is 11.6 Å². The van der Waals surface area contributed by atoms with E-state index in [2.05, 4.69) is 5.32 Å². The zero-order chi connectivity index (χ0) is 14.0. The van der Waals surface area contributed by atoms with Crippen molar-refractivity contribution < 1.29 is 4.79 Å². The van der Waals surface area contributed by atoms with Gasteiger partial charge in [0.25, 0.3) is 0 Å². The minimum atomic E-state index is -0.367. The molecule has 104 valence electrons. The molecule has 1 aliphatic heterocycles. The number of amides is 1. The van der Waals surface area contributed by atoms with Crippen LogP contribution in [0.3, 0.4) is 0 Å². The summed E-state index contributed by atoms with van der Waals surface area (Å²) in [6.07, 6.45) is 0. The number of carbonyl (C=O) groups is 1. The number of nitrogens with zero attached hydrogens (tertiary/aromatic N) is 1. The van der Waals surface area contributed by atoms with E-state index in [1.165, 1.54) is 0 Å². The highest BCUT2D eigenvalue weighted by molar-refractivity contribution is 6.39. The molecule has 1 heterocycles. The van der Waals surface area contributed by atoms with E-state index in [-0.39, 0.29) is 18.5 Å². The molecule has 19 heavy (non-hydrogen) atoms. The fraction of sp³-hybridized carbons (Fsp3) is 0.417. The molecule has 1 aromatic carbocycles. The maximum Gasteiger partial charge on any atom is 0.231 e. The summed E-state index contributed by atoms with van der Waals surface area (Å²) in [6, 6.07) is 3.22. The Hall–Kier alpha value is -0.520. The van der Waals surface area contributed by atoms with Crippen molar-refractivity contribution in [2.24, 2.45) is 5.73 Å². The Morgan fingerprint density at radius 1 is 1.37 bits per heavy atom. The van der Waals surface area contributed by atoms with Gasteiger partial charge in [0.1, 0.15) is 0 Å². The van der Waals surface area contributed by atoms with E-state index in [4.69, 9.17) is 40.5 Å². The number of primary amides is 1. The summed E-state index contributed by atoms with van der Waals surface area (Å²) < 4.78 is 0. The van der Waals surface area contributed by atoms with Crippen LogP contribution in [0.4, 0.5) is 0 Å². The van der Waals surface area contributed by atoms with Gasteiger partial charge in [0, 0.05) is 40.3 Å². The second-order valence-electron chi connectivity index (χ2n) is 4.44. The molecule has 1 saturated heterocycles. The van der Waals surface area contributed by atoms with Crippen LogP contribution in [0.5, 0.6) is 0 Å². The smallest absolute Gasteiger partial charge is 0.231 e. The Balaban J connectivity index is 2.34. The molecule has 1 atom stereocenters. The molecule has 4 nitrogen and oxygen atoms in total. The highest BCUT2D eigenvalue weighted by Crippen LogP contribution is 2.36. The van der Waals surface area contributed by atoms with E-state index >= 15 is 0 Å². The van der Waals surface area contributed by atoms with Crippen LogP contribution >= 0.6 is 34.8 Å². The zero-order valence-electron chi connectivity index (χ0n) is 10.1. The standard InChI is InChI=1S/C12H14Cl3N3O/c13-7-3-8(14)12(9(15)4-7)10-5-17-1-2-18(10)6-11(16)19/h3-4,10,17H,1-2,5-6H2,(H2,16,19). The van der Waals surface area contributed by atoms with Gasteiger partial charge in [0.05, 0.1) is 12.6 Å². The van der Waals surface area contributed by atoms with E-state index in [0.29, 0.717) is 28.2 Å². The highest BCUT2D eigenvalue weighted by atomic mass is 35.5. The van der Waals surface area contributed by atoms with Crippen molar-refractivity contribution in [3.05, 3.63) is 32.8 Å². The Bertz CT molecular complexity index is 472. The van der Waals surface area contributed by atoms with Gasteiger partial charge < -0.3 is 11.1 Å². The van der Waals surface area contributed by atoms with Gasteiger partial charge in [-0.15, -0.1) is 0 Å². The van der Waals surface area contributed by atoms with Gasteiger partial charge in [0.2, 0.25) is 5.91 Å². The van der Waals surface area contributed by atoms with Gasteiger partial charge >= 0.3 is 0 Å². The van der Waals surface area contributed by atoms with Gasteiger partial charge in [-0.2, -0.15) is 0 Å². The fourth-order valence-corrected chi connectivity index (χ4v) is 3.36. The molecule has 0 radical (unpaired) electrons. The molecule has 1 amide bonds. The van der Waals surface area contributed by atoms with Crippen LogP contribution in [0, 0.1) is 0 Å². The summed E-state index contributed by atoms with van der Waals surface area (Å²) in [6.45, 7) is 2.35. The predicted molar refractivity (Wildman–Crippen MR) is 77.9 cm³/mol. The number of piperazine rings is 1. The van der Waals surface area contributed by atoms with Gasteiger partial charge in [-0.25, -0.2) is 0 Å². The van der Waals surface area contributed by atoms with E-state index in [1.54, 1.807) is 12.1 Å². The average molecular weight is 323 g/mol. The SMILES string of the molecule is NC(=O)CN1CCNCC1c1c(Cl)cc(Cl)cc1Cl. The molecular formula is C12H14Cl3N3O. The third-order valence-electron chi connectivity index (χ3n) is 3.09. The van der Waals surface area contributed by atoms with E-state index in [9.17, 15) is 4.79 Å². The molecule has 1 fully saturated rings. The molecule has 2 rings (SSSR count). The van der Waals surface area contributed by atoms with Crippen molar-refractivity contribution in [1.29, 1.82) is 0 Å². The Kier molecular flexibility index (Phi) is 4.92. The van der Waals surface area contributed by atoms with Crippen molar-refractivity contribution >= 4 is 40.7 Å². The van der Waals surface area contributed by atoms with Crippen LogP contribution in [0.15, 0.2) is 12.1 Å². The van der Waals surface area contributed by atoms with Crippen LogP contribution in [0.25, 0.3) is 0 Å². The van der Waals surface area contributed by atoms with Crippen molar-refractivity contribution in [1.82, 2.24) is 10.2 Å². The maximum atomic E-state index is 11.1. The average Bonchev–Trinajstić information content (AvgIpc) is 2.29. The van der Waals surface area contributed by atoms with Crippen molar-refractivity contribution in [3.63, 3.8) is 0 Å². The van der Waals surface area contributed by atoms with Crippen molar-refractivity contribution in [2.45, 2.75) is 6.04 Å².